The van der Waals surface area contributed by atoms with Gasteiger partial charge in [-0.1, -0.05) is 26.0 Å². The van der Waals surface area contributed by atoms with Crippen LogP contribution >= 0.6 is 11.8 Å². The number of phenols is 1. The lowest BCUT2D eigenvalue weighted by atomic mass is 10.00. The molecule has 12 N–H and O–H groups in total. The van der Waals surface area contributed by atoms with Gasteiger partial charge in [0.25, 0.3) is 0 Å². The van der Waals surface area contributed by atoms with Crippen LogP contribution < -0.4 is 38.1 Å². The number of rotatable bonds is 20. The summed E-state index contributed by atoms with van der Waals surface area (Å²) >= 11 is 1.43. The number of carboxylic acid groups (broad SMARTS) is 1. The molecule has 44 heavy (non-hydrogen) atoms. The molecule has 0 unspecified atom stereocenters. The molecule has 0 aliphatic carbocycles. The quantitative estimate of drug-likeness (QED) is 0.0469. The molecule has 0 fully saturated rings. The second-order valence-electron chi connectivity index (χ2n) is 10.6. The van der Waals surface area contributed by atoms with Gasteiger partial charge in [-0.05, 0) is 61.3 Å². The highest BCUT2D eigenvalue weighted by molar-refractivity contribution is 7.98. The first-order valence-electron chi connectivity index (χ1n) is 14.2. The molecule has 0 heterocycles. The van der Waals surface area contributed by atoms with Crippen LogP contribution in [-0.2, 0) is 30.4 Å². The molecule has 1 rings (SSSR count). The Morgan fingerprint density at radius 3 is 2.00 bits per heavy atom. The SMILES string of the molecule is CSCC[C@H](NC(=O)[C@H](CCCNC(=N)N)NC(=O)[C@H](CC(C)C)NC(=O)[C@H](Cc1ccc(O)cc1)NC(=O)CN)C(=O)O. The summed E-state index contributed by atoms with van der Waals surface area (Å²) < 4.78 is 0. The number of carbonyl (C=O) groups is 5. The minimum atomic E-state index is -1.21. The predicted octanol–water partition coefficient (Wildman–Crippen LogP) is -1.02. The van der Waals surface area contributed by atoms with E-state index in [2.05, 4.69) is 26.6 Å². The van der Waals surface area contributed by atoms with Crippen molar-refractivity contribution >= 4 is 47.3 Å². The van der Waals surface area contributed by atoms with E-state index in [0.717, 1.165) is 0 Å². The predicted molar refractivity (Wildman–Crippen MR) is 168 cm³/mol. The Balaban J connectivity index is 3.17. The highest BCUT2D eigenvalue weighted by Crippen LogP contribution is 2.13. The van der Waals surface area contributed by atoms with E-state index in [9.17, 15) is 34.2 Å². The molecule has 0 aliphatic heterocycles. The van der Waals surface area contributed by atoms with Gasteiger partial charge in [-0.2, -0.15) is 11.8 Å². The van der Waals surface area contributed by atoms with E-state index in [4.69, 9.17) is 16.9 Å². The Labute approximate surface area is 261 Å². The second kappa shape index (κ2) is 20.0. The van der Waals surface area contributed by atoms with Crippen molar-refractivity contribution in [3.8, 4) is 5.75 Å². The van der Waals surface area contributed by atoms with Gasteiger partial charge in [0.1, 0.15) is 29.9 Å². The molecule has 0 bridgehead atoms. The molecule has 1 aromatic rings. The molecule has 4 atom stereocenters. The number of hydrogen-bond donors (Lipinski definition) is 10. The monoisotopic (exact) mass is 638 g/mol. The van der Waals surface area contributed by atoms with E-state index in [1.807, 2.05) is 20.1 Å². The molecule has 16 heteroatoms. The molecular formula is C28H46N8O7S. The van der Waals surface area contributed by atoms with Gasteiger partial charge in [-0.25, -0.2) is 4.79 Å². The number of hydrogen-bond acceptors (Lipinski definition) is 9. The molecule has 15 nitrogen and oxygen atoms in total. The molecule has 1 aromatic carbocycles. The fourth-order valence-electron chi connectivity index (χ4n) is 4.14. The van der Waals surface area contributed by atoms with E-state index in [-0.39, 0.29) is 56.4 Å². The normalized spacial score (nSPS) is 13.6. The third-order valence-electron chi connectivity index (χ3n) is 6.40. The van der Waals surface area contributed by atoms with Crippen molar-refractivity contribution in [2.45, 2.75) is 70.1 Å². The van der Waals surface area contributed by atoms with Gasteiger partial charge in [-0.15, -0.1) is 0 Å². The highest BCUT2D eigenvalue weighted by Gasteiger charge is 2.31. The first kappa shape index (κ1) is 38.0. The van der Waals surface area contributed by atoms with Gasteiger partial charge in [-0.3, -0.25) is 24.6 Å². The van der Waals surface area contributed by atoms with Gasteiger partial charge in [0, 0.05) is 13.0 Å². The molecule has 246 valence electrons. The summed E-state index contributed by atoms with van der Waals surface area (Å²) in [6.45, 7) is 3.56. The van der Waals surface area contributed by atoms with Gasteiger partial charge >= 0.3 is 5.97 Å². The fraction of sp³-hybridized carbons (Fsp3) is 0.571. The highest BCUT2D eigenvalue weighted by atomic mass is 32.2. The Morgan fingerprint density at radius 2 is 1.45 bits per heavy atom. The molecular weight excluding hydrogens is 592 g/mol. The summed E-state index contributed by atoms with van der Waals surface area (Å²) in [4.78, 5) is 64.0. The van der Waals surface area contributed by atoms with Crippen LogP contribution in [0.5, 0.6) is 5.75 Å². The minimum Gasteiger partial charge on any atom is -0.508 e. The lowest BCUT2D eigenvalue weighted by Gasteiger charge is -2.27. The summed E-state index contributed by atoms with van der Waals surface area (Å²) in [6, 6.07) is 1.56. The summed E-state index contributed by atoms with van der Waals surface area (Å²) in [5.74, 6) is -3.62. The van der Waals surface area contributed by atoms with Crippen LogP contribution in [0.15, 0.2) is 24.3 Å². The number of carboxylic acids is 1. The number of amides is 4. The van der Waals surface area contributed by atoms with Crippen LogP contribution in [0.2, 0.25) is 0 Å². The van der Waals surface area contributed by atoms with Crippen LogP contribution in [0.4, 0.5) is 0 Å². The van der Waals surface area contributed by atoms with Gasteiger partial charge in [0.15, 0.2) is 5.96 Å². The van der Waals surface area contributed by atoms with E-state index < -0.39 is 53.8 Å². The van der Waals surface area contributed by atoms with E-state index in [1.54, 1.807) is 12.1 Å². The molecule has 4 amide bonds. The number of guanidine groups is 1. The molecule has 0 aromatic heterocycles. The summed E-state index contributed by atoms with van der Waals surface area (Å²) in [5, 5.41) is 39.4. The summed E-state index contributed by atoms with van der Waals surface area (Å²) in [7, 11) is 0. The lowest BCUT2D eigenvalue weighted by Crippen LogP contribution is -2.58. The Morgan fingerprint density at radius 1 is 0.886 bits per heavy atom. The topological polar surface area (TPSA) is 262 Å². The third kappa shape index (κ3) is 14.9. The van der Waals surface area contributed by atoms with E-state index >= 15 is 0 Å². The Bertz CT molecular complexity index is 1120. The van der Waals surface area contributed by atoms with Crippen molar-refractivity contribution in [1.29, 1.82) is 5.41 Å². The van der Waals surface area contributed by atoms with Crippen LogP contribution in [-0.4, -0.2) is 95.0 Å². The van der Waals surface area contributed by atoms with Crippen molar-refractivity contribution in [1.82, 2.24) is 26.6 Å². The van der Waals surface area contributed by atoms with Gasteiger partial charge < -0.3 is 48.3 Å². The van der Waals surface area contributed by atoms with Crippen molar-refractivity contribution in [3.05, 3.63) is 29.8 Å². The molecule has 0 aliphatic rings. The molecule has 0 saturated carbocycles. The number of nitrogens with two attached hydrogens (primary N) is 2. The average Bonchev–Trinajstić information content (AvgIpc) is 2.96. The molecule has 0 saturated heterocycles. The maximum atomic E-state index is 13.5. The zero-order valence-electron chi connectivity index (χ0n) is 25.4. The van der Waals surface area contributed by atoms with E-state index in [0.29, 0.717) is 17.7 Å². The maximum absolute atomic E-state index is 13.5. The summed E-state index contributed by atoms with van der Waals surface area (Å²) in [6.07, 6.45) is 2.63. The van der Waals surface area contributed by atoms with Crippen molar-refractivity contribution in [3.63, 3.8) is 0 Å². The van der Waals surface area contributed by atoms with Crippen molar-refractivity contribution in [2.24, 2.45) is 17.4 Å². The van der Waals surface area contributed by atoms with Crippen LogP contribution in [0.1, 0.15) is 45.1 Å². The summed E-state index contributed by atoms with van der Waals surface area (Å²) in [5.41, 5.74) is 11.4. The number of thioether (sulfide) groups is 1. The van der Waals surface area contributed by atoms with Crippen LogP contribution in [0.3, 0.4) is 0 Å². The smallest absolute Gasteiger partial charge is 0.326 e. The van der Waals surface area contributed by atoms with Crippen LogP contribution in [0.25, 0.3) is 0 Å². The number of aromatic hydroxyl groups is 1. The Hall–Kier alpha value is -4.05. The number of carbonyl (C=O) groups excluding carboxylic acids is 4. The number of phenolic OH excluding ortho intramolecular Hbond substituents is 1. The van der Waals surface area contributed by atoms with Gasteiger partial charge in [0.05, 0.1) is 6.54 Å². The fourth-order valence-corrected chi connectivity index (χ4v) is 4.61. The standard InChI is InChI=1S/C28H46N8O7S/c1-16(2)13-21(36-26(41)22(33-23(38)15-29)14-17-6-8-18(37)9-7-17)25(40)34-19(5-4-11-32-28(30)31)24(39)35-20(27(42)43)10-12-44-3/h6-9,16,19-22,37H,4-5,10-15,29H2,1-3H3,(H,33,38)(H,34,40)(H,35,39)(H,36,41)(H,42,43)(H4,30,31,32)/t19-,20-,21-,22-/m0/s1. The largest absolute Gasteiger partial charge is 0.508 e. The Kier molecular flexibility index (Phi) is 17.3. The second-order valence-corrected chi connectivity index (χ2v) is 11.6. The minimum absolute atomic E-state index is 0.0315. The number of aliphatic carboxylic acids is 1. The molecule has 0 radical (unpaired) electrons. The maximum Gasteiger partial charge on any atom is 0.326 e. The van der Waals surface area contributed by atoms with Crippen molar-refractivity contribution < 1.29 is 34.2 Å². The number of nitrogens with one attached hydrogen (secondary N) is 6. The lowest BCUT2D eigenvalue weighted by molar-refractivity contribution is -0.142. The van der Waals surface area contributed by atoms with Gasteiger partial charge in [0.2, 0.25) is 23.6 Å². The van der Waals surface area contributed by atoms with E-state index in [1.165, 1.54) is 23.9 Å². The van der Waals surface area contributed by atoms with Crippen LogP contribution in [0, 0.1) is 11.3 Å². The zero-order valence-corrected chi connectivity index (χ0v) is 26.2. The zero-order chi connectivity index (χ0) is 33.2. The van der Waals surface area contributed by atoms with Crippen molar-refractivity contribution in [2.75, 3.05) is 25.1 Å². The first-order chi connectivity index (χ1) is 20.8. The number of benzene rings is 1. The average molecular weight is 639 g/mol. The third-order valence-corrected chi connectivity index (χ3v) is 7.04. The molecule has 0 spiro atoms. The first-order valence-corrected chi connectivity index (χ1v) is 15.6.